The second-order valence-electron chi connectivity index (χ2n) is 2.39. The predicted octanol–water partition coefficient (Wildman–Crippen LogP) is 1.79. The van der Waals surface area contributed by atoms with Crippen molar-refractivity contribution in [2.75, 3.05) is 0 Å². The van der Waals surface area contributed by atoms with Gasteiger partial charge in [-0.25, -0.2) is 0 Å². The first-order valence-electron chi connectivity index (χ1n) is 1.95. The summed E-state index contributed by atoms with van der Waals surface area (Å²) >= 11 is 0. The molecule has 0 rings (SSSR count). The highest BCUT2D eigenvalue weighted by Crippen LogP contribution is 1.97. The number of rotatable bonds is 0. The molecular formula is C3H9BF-. The maximum atomic E-state index is 11.8. The van der Waals surface area contributed by atoms with Crippen molar-refractivity contribution in [3.05, 3.63) is 0 Å². The van der Waals surface area contributed by atoms with E-state index in [9.17, 15) is 4.32 Å². The third kappa shape index (κ3) is 620000. The van der Waals surface area contributed by atoms with E-state index < -0.39 is 6.42 Å². The Hall–Kier alpha value is -0.00506. The van der Waals surface area contributed by atoms with Crippen LogP contribution in [0.4, 0.5) is 4.32 Å². The van der Waals surface area contributed by atoms with E-state index in [1.54, 1.807) is 20.5 Å². The second-order valence-corrected chi connectivity index (χ2v) is 2.39. The van der Waals surface area contributed by atoms with E-state index in [1.807, 2.05) is 0 Å². The minimum Gasteiger partial charge on any atom is -0.518 e. The van der Waals surface area contributed by atoms with Gasteiger partial charge in [0.05, 0.1) is 0 Å². The Labute approximate surface area is 32.3 Å². The van der Waals surface area contributed by atoms with E-state index in [0.29, 0.717) is 0 Å². The van der Waals surface area contributed by atoms with Crippen molar-refractivity contribution in [3.8, 4) is 0 Å². The van der Waals surface area contributed by atoms with E-state index in [0.717, 1.165) is 0 Å². The van der Waals surface area contributed by atoms with Crippen LogP contribution in [0.2, 0.25) is 20.5 Å². The molecule has 0 amide bonds. The topological polar surface area (TPSA) is 0 Å². The number of hydrogen-bond acceptors (Lipinski definition) is 0. The van der Waals surface area contributed by atoms with Gasteiger partial charge in [0.25, 0.3) is 0 Å². The lowest BCUT2D eigenvalue weighted by Gasteiger charge is -2.07. The summed E-state index contributed by atoms with van der Waals surface area (Å²) < 4.78 is 11.8. The Morgan fingerprint density at radius 3 is 1.20 bits per heavy atom. The van der Waals surface area contributed by atoms with Gasteiger partial charge in [-0.05, 0) is 0 Å². The van der Waals surface area contributed by atoms with Crippen molar-refractivity contribution in [1.82, 2.24) is 0 Å². The van der Waals surface area contributed by atoms with Crippen molar-refractivity contribution in [3.63, 3.8) is 0 Å². The van der Waals surface area contributed by atoms with E-state index in [2.05, 4.69) is 0 Å². The lowest BCUT2D eigenvalue weighted by atomic mass is 9.51. The summed E-state index contributed by atoms with van der Waals surface area (Å²) in [6.07, 6.45) is -1.50. The van der Waals surface area contributed by atoms with Crippen LogP contribution in [0.15, 0.2) is 0 Å². The minimum absolute atomic E-state index is 1.50. The Kier molecular flexibility index (Phi) is 0.996. The van der Waals surface area contributed by atoms with Gasteiger partial charge in [-0.2, -0.15) is 20.5 Å². The van der Waals surface area contributed by atoms with E-state index in [4.69, 9.17) is 0 Å². The highest BCUT2D eigenvalue weighted by molar-refractivity contribution is 6.69. The molecule has 0 N–H and O–H groups in total. The van der Waals surface area contributed by atoms with E-state index in [-0.39, 0.29) is 0 Å². The van der Waals surface area contributed by atoms with Gasteiger partial charge in [0.15, 0.2) is 0 Å². The predicted molar refractivity (Wildman–Crippen MR) is 24.5 cm³/mol. The van der Waals surface area contributed by atoms with Crippen LogP contribution in [0.5, 0.6) is 0 Å². The summed E-state index contributed by atoms with van der Waals surface area (Å²) in [6.45, 7) is 4.75. The lowest BCUT2D eigenvalue weighted by molar-refractivity contribution is 0.811. The summed E-state index contributed by atoms with van der Waals surface area (Å²) in [7, 11) is 0. The van der Waals surface area contributed by atoms with Crippen LogP contribution < -0.4 is 0 Å². The molecule has 0 fully saturated rings. The maximum Gasteiger partial charge on any atom is 0.148 e. The van der Waals surface area contributed by atoms with Gasteiger partial charge in [-0.15, -0.1) is 0 Å². The molecule has 5 heavy (non-hydrogen) atoms. The smallest absolute Gasteiger partial charge is 0.148 e. The van der Waals surface area contributed by atoms with Crippen molar-refractivity contribution >= 4 is 6.42 Å². The van der Waals surface area contributed by atoms with Crippen LogP contribution in [0.25, 0.3) is 0 Å². The van der Waals surface area contributed by atoms with Gasteiger partial charge in [-0.1, -0.05) is 0 Å². The second kappa shape index (κ2) is 0.997. The molecule has 0 aromatic rings. The van der Waals surface area contributed by atoms with Crippen molar-refractivity contribution in [2.45, 2.75) is 20.5 Å². The van der Waals surface area contributed by atoms with Crippen LogP contribution in [-0.4, -0.2) is 6.42 Å². The molecule has 0 spiro atoms. The Bertz CT molecular complexity index is 22.4. The van der Waals surface area contributed by atoms with Gasteiger partial charge < -0.3 is 4.32 Å². The van der Waals surface area contributed by atoms with Gasteiger partial charge in [0.2, 0.25) is 0 Å². The molecule has 0 unspecified atom stereocenters. The molecule has 0 atom stereocenters. The molecule has 0 aromatic carbocycles. The molecule has 0 aliphatic carbocycles. The molecule has 0 radical (unpaired) electrons. The van der Waals surface area contributed by atoms with Crippen LogP contribution in [-0.2, 0) is 0 Å². The summed E-state index contributed by atoms with van der Waals surface area (Å²) in [5.74, 6) is 0. The standard InChI is InChI=1S/C3H9BF/c1-4(2,3)5/h1-3H3/q-1. The molecule has 0 aliphatic rings. The van der Waals surface area contributed by atoms with E-state index in [1.165, 1.54) is 0 Å². The summed E-state index contributed by atoms with van der Waals surface area (Å²) in [4.78, 5) is 0. The highest BCUT2D eigenvalue weighted by atomic mass is 19.1. The molecule has 32 valence electrons. The highest BCUT2D eigenvalue weighted by Gasteiger charge is 1.96. The van der Waals surface area contributed by atoms with Crippen LogP contribution in [0, 0.1) is 0 Å². The molecule has 0 aliphatic heterocycles. The fourth-order valence-electron chi connectivity index (χ4n) is 0. The van der Waals surface area contributed by atoms with Gasteiger partial charge in [0, 0.05) is 0 Å². The molecule has 0 saturated carbocycles. The SMILES string of the molecule is C[B-](C)(C)F. The third-order valence-electron chi connectivity index (χ3n) is 0. The summed E-state index contributed by atoms with van der Waals surface area (Å²) in [5, 5.41) is 0. The first-order valence-corrected chi connectivity index (χ1v) is 1.95. The van der Waals surface area contributed by atoms with Gasteiger partial charge in [0.1, 0.15) is 6.42 Å². The quantitative estimate of drug-likeness (QED) is 0.385. The first-order chi connectivity index (χ1) is 2.00. The maximum absolute atomic E-state index is 11.8. The van der Waals surface area contributed by atoms with E-state index >= 15 is 0 Å². The average molecular weight is 74.9 g/mol. The Morgan fingerprint density at radius 1 is 1.20 bits per heavy atom. The summed E-state index contributed by atoms with van der Waals surface area (Å²) in [5.41, 5.74) is 0. The molecule has 0 heterocycles. The Balaban J connectivity index is 3.02. The zero-order valence-corrected chi connectivity index (χ0v) is 3.96. The molecule has 0 saturated heterocycles. The fourth-order valence-corrected chi connectivity index (χ4v) is 0. The normalized spacial score (nSPS) is 12.0. The van der Waals surface area contributed by atoms with Crippen molar-refractivity contribution in [1.29, 1.82) is 0 Å². The number of hydrogen-bond donors (Lipinski definition) is 0. The molecule has 2 heteroatoms. The number of halogens is 1. The molecule has 0 bridgehead atoms. The monoisotopic (exact) mass is 75.1 g/mol. The van der Waals surface area contributed by atoms with Crippen LogP contribution in [0.3, 0.4) is 0 Å². The molecule has 0 aromatic heterocycles. The van der Waals surface area contributed by atoms with Gasteiger partial charge in [-0.3, -0.25) is 0 Å². The Morgan fingerprint density at radius 2 is 1.20 bits per heavy atom. The third-order valence-corrected chi connectivity index (χ3v) is 0. The fraction of sp³-hybridized carbons (Fsp3) is 1.00. The van der Waals surface area contributed by atoms with Gasteiger partial charge >= 0.3 is 0 Å². The zero-order valence-electron chi connectivity index (χ0n) is 3.96. The first kappa shape index (κ1) is 4.99. The van der Waals surface area contributed by atoms with Crippen LogP contribution >= 0.6 is 0 Å². The minimum atomic E-state index is -1.50. The summed E-state index contributed by atoms with van der Waals surface area (Å²) in [6, 6.07) is 0. The van der Waals surface area contributed by atoms with Crippen molar-refractivity contribution < 1.29 is 4.32 Å². The lowest BCUT2D eigenvalue weighted by Crippen LogP contribution is -2.08. The van der Waals surface area contributed by atoms with Crippen LogP contribution in [0.1, 0.15) is 0 Å². The largest absolute Gasteiger partial charge is 0.518 e. The average Bonchev–Trinajstić information content (AvgIpc) is 0.722. The van der Waals surface area contributed by atoms with Crippen molar-refractivity contribution in [2.24, 2.45) is 0 Å². The molecular weight excluding hydrogens is 65.8 g/mol. The molecule has 0 nitrogen and oxygen atoms in total. The zero-order chi connectivity index (χ0) is 4.50.